The number of hydrogen-bond donors (Lipinski definition) is 7. The summed E-state index contributed by atoms with van der Waals surface area (Å²) in [5.41, 5.74) is 3.44. The van der Waals surface area contributed by atoms with Crippen LogP contribution in [-0.4, -0.2) is 82.2 Å². The summed E-state index contributed by atoms with van der Waals surface area (Å²) < 4.78 is 0. The Hall–Kier alpha value is -6.70. The average Bonchev–Trinajstić information content (AvgIpc) is 1.27. The fourth-order valence-electron chi connectivity index (χ4n) is 9.62. The molecule has 0 aliphatic heterocycles. The predicted octanol–water partition coefficient (Wildman–Crippen LogP) is 16.7. The van der Waals surface area contributed by atoms with Gasteiger partial charge in [0.1, 0.15) is 39.9 Å². The van der Waals surface area contributed by atoms with Gasteiger partial charge in [0.25, 0.3) is 0 Å². The Kier molecular flexibility index (Phi) is 29.9. The Labute approximate surface area is 509 Å². The topological polar surface area (TPSA) is 244 Å². The molecule has 85 heavy (non-hydrogen) atoms. The summed E-state index contributed by atoms with van der Waals surface area (Å²) in [6.07, 6.45) is 16.5. The Morgan fingerprint density at radius 3 is 1.33 bits per heavy atom. The van der Waals surface area contributed by atoms with Crippen molar-refractivity contribution in [1.82, 2.24) is 0 Å². The summed E-state index contributed by atoms with van der Waals surface area (Å²) in [5.74, 6) is -6.16. The fraction of sp³-hybridized carbons (Fsp3) is 0.528. The molecule has 3 aliphatic rings. The number of aliphatic hydroxyl groups is 7. The van der Waals surface area contributed by atoms with Crippen LogP contribution in [-0.2, 0) is 28.8 Å². The monoisotopic (exact) mass is 1180 g/mol. The van der Waals surface area contributed by atoms with Crippen molar-refractivity contribution in [1.29, 1.82) is 0 Å². The summed E-state index contributed by atoms with van der Waals surface area (Å²) in [6.45, 7) is 41.3. The molecule has 470 valence electrons. The normalized spacial score (nSPS) is 20.2. The molecule has 0 bridgehead atoms. The van der Waals surface area contributed by atoms with Gasteiger partial charge in [0, 0.05) is 29.9 Å². The van der Waals surface area contributed by atoms with Crippen molar-refractivity contribution >= 4 is 34.7 Å². The van der Waals surface area contributed by atoms with Crippen molar-refractivity contribution in [2.24, 2.45) is 28.6 Å². The Balaban J connectivity index is 0.000000639. The maximum Gasteiger partial charge on any atom is 0.210 e. The Morgan fingerprint density at radius 2 is 0.929 bits per heavy atom. The van der Waals surface area contributed by atoms with Gasteiger partial charge in [-0.15, -0.1) is 0 Å². The number of aliphatic hydroxyl groups excluding tert-OH is 6. The van der Waals surface area contributed by atoms with Gasteiger partial charge in [-0.1, -0.05) is 126 Å². The molecule has 0 heterocycles. The standard InChI is InChI=1S/C26H38O4.C25H38O4.C21H28O5/c1-16(2)9-10-20-23(28)22(21(27)15-19(7)8)25(30)26(24(20)29,13-11-17(3)4)14-12-18(5)6;1-15(2)9-10-19-22(27)20(21(26)18(7)8)24(29)25(23(19)28,13-11-16(3)4)14-12-17(5)6;1-12(2)7-8-15-18(23)17(16(22)11-14(5)6)20(25)21(26,19(15)24)10-9-13(3)4/h9,11-12,19,28-29H,10,13-15H2,1-8H3;9,11-12,18-19,24,26,29H,10,13-14H2,1-8H3;7,9,11,22-23,26H,8,10H2,1-6H3. The van der Waals surface area contributed by atoms with E-state index in [1.165, 1.54) is 6.08 Å². The summed E-state index contributed by atoms with van der Waals surface area (Å²) in [6, 6.07) is 0. The molecule has 0 aromatic heterocycles. The van der Waals surface area contributed by atoms with E-state index >= 15 is 0 Å². The second-order valence-corrected chi connectivity index (χ2v) is 26.0. The number of ketones is 6. The molecular weight excluding hydrogens is 1070 g/mol. The molecule has 13 nitrogen and oxygen atoms in total. The largest absolute Gasteiger partial charge is 0.512 e. The van der Waals surface area contributed by atoms with E-state index in [2.05, 4.69) is 0 Å². The SMILES string of the molecule is CC(C)=CCC1=C(O)C(=C(O)C=C(C)C)C(=O)C(O)(CC=C(C)C)C1=O.CC(C)=CCC1=C(O)C(CC=C(C)C)(CC=C(C)C)C(=O)C(C(=O)CC(C)C)=C1O.CC(C)=CCC1C(=O)C(=C(O)C(C)C)C(O)C(CC=C(C)C)(CC=C(C)C)C1=O. The maximum atomic E-state index is 13.7. The molecule has 7 N–H and O–H groups in total. The van der Waals surface area contributed by atoms with Gasteiger partial charge in [0.2, 0.25) is 11.6 Å². The molecule has 0 aromatic rings. The van der Waals surface area contributed by atoms with Crippen LogP contribution in [0, 0.1) is 28.6 Å². The van der Waals surface area contributed by atoms with Crippen LogP contribution in [0.2, 0.25) is 0 Å². The molecule has 0 amide bonds. The highest BCUT2D eigenvalue weighted by atomic mass is 16.3. The summed E-state index contributed by atoms with van der Waals surface area (Å²) in [7, 11) is 0. The van der Waals surface area contributed by atoms with E-state index in [0.29, 0.717) is 18.4 Å². The molecular formula is C72H104O13. The quantitative estimate of drug-likeness (QED) is 0.0186. The van der Waals surface area contributed by atoms with E-state index in [1.807, 2.05) is 147 Å². The van der Waals surface area contributed by atoms with Gasteiger partial charge in [0.05, 0.1) is 28.4 Å². The lowest BCUT2D eigenvalue weighted by molar-refractivity contribution is -0.149. The van der Waals surface area contributed by atoms with E-state index in [1.54, 1.807) is 53.7 Å². The van der Waals surface area contributed by atoms with Crippen LogP contribution in [0.5, 0.6) is 0 Å². The zero-order valence-electron chi connectivity index (χ0n) is 55.4. The maximum absolute atomic E-state index is 13.7. The van der Waals surface area contributed by atoms with Gasteiger partial charge in [-0.3, -0.25) is 28.8 Å². The highest BCUT2D eigenvalue weighted by Crippen LogP contribution is 2.49. The van der Waals surface area contributed by atoms with E-state index in [9.17, 15) is 64.5 Å². The summed E-state index contributed by atoms with van der Waals surface area (Å²) >= 11 is 0. The van der Waals surface area contributed by atoms with Gasteiger partial charge in [-0.2, -0.15) is 0 Å². The molecule has 3 aliphatic carbocycles. The van der Waals surface area contributed by atoms with Crippen LogP contribution in [0.25, 0.3) is 0 Å². The third-order valence-electron chi connectivity index (χ3n) is 14.7. The smallest absolute Gasteiger partial charge is 0.210 e. The first-order valence-corrected chi connectivity index (χ1v) is 29.6. The van der Waals surface area contributed by atoms with Crippen LogP contribution < -0.4 is 0 Å². The summed E-state index contributed by atoms with van der Waals surface area (Å²) in [5, 5.41) is 76.0. The predicted molar refractivity (Wildman–Crippen MR) is 344 cm³/mol. The third-order valence-corrected chi connectivity index (χ3v) is 14.7. The van der Waals surface area contributed by atoms with Crippen LogP contribution in [0.15, 0.2) is 162 Å². The van der Waals surface area contributed by atoms with Crippen LogP contribution in [0.4, 0.5) is 0 Å². The molecule has 13 heteroatoms. The third kappa shape index (κ3) is 20.5. The van der Waals surface area contributed by atoms with Crippen LogP contribution >= 0.6 is 0 Å². The van der Waals surface area contributed by atoms with Crippen molar-refractivity contribution in [3.8, 4) is 0 Å². The molecule has 1 fully saturated rings. The van der Waals surface area contributed by atoms with Crippen LogP contribution in [0.3, 0.4) is 0 Å². The zero-order chi connectivity index (χ0) is 66.0. The fourth-order valence-corrected chi connectivity index (χ4v) is 9.62. The molecule has 1 saturated carbocycles. The summed E-state index contributed by atoms with van der Waals surface area (Å²) in [4.78, 5) is 79.2. The van der Waals surface area contributed by atoms with Gasteiger partial charge < -0.3 is 35.7 Å². The minimum absolute atomic E-state index is 0.0102. The van der Waals surface area contributed by atoms with Crippen molar-refractivity contribution < 1.29 is 64.5 Å². The Morgan fingerprint density at radius 1 is 0.518 bits per heavy atom. The van der Waals surface area contributed by atoms with E-state index in [0.717, 1.165) is 44.6 Å². The van der Waals surface area contributed by atoms with Crippen molar-refractivity contribution in [3.05, 3.63) is 162 Å². The average molecular weight is 1180 g/mol. The van der Waals surface area contributed by atoms with Crippen molar-refractivity contribution in [2.75, 3.05) is 0 Å². The number of Topliss-reactive ketones (excluding diaryl/α,β-unsaturated/α-hetero) is 6. The number of hydrogen-bond acceptors (Lipinski definition) is 13. The van der Waals surface area contributed by atoms with Gasteiger partial charge >= 0.3 is 0 Å². The first kappa shape index (κ1) is 76.3. The second-order valence-electron chi connectivity index (χ2n) is 26.0. The lowest BCUT2D eigenvalue weighted by Gasteiger charge is -2.43. The van der Waals surface area contributed by atoms with E-state index < -0.39 is 68.7 Å². The van der Waals surface area contributed by atoms with Gasteiger partial charge in [-0.05, 0) is 182 Å². The highest BCUT2D eigenvalue weighted by molar-refractivity contribution is 6.27. The van der Waals surface area contributed by atoms with E-state index in [-0.39, 0.29) is 108 Å². The minimum atomic E-state index is -2.34. The second kappa shape index (κ2) is 33.3. The minimum Gasteiger partial charge on any atom is -0.512 e. The van der Waals surface area contributed by atoms with Crippen molar-refractivity contribution in [3.63, 3.8) is 0 Å². The first-order valence-electron chi connectivity index (χ1n) is 29.6. The Bertz CT molecular complexity index is 2940. The van der Waals surface area contributed by atoms with Gasteiger partial charge in [-0.25, -0.2) is 0 Å². The number of carbonyl (C=O) groups excluding carboxylic acids is 6. The molecule has 0 aromatic carbocycles. The lowest BCUT2D eigenvalue weighted by Crippen LogP contribution is -2.55. The molecule has 0 saturated heterocycles. The number of rotatable bonds is 21. The zero-order valence-corrected chi connectivity index (χ0v) is 55.4. The molecule has 0 radical (unpaired) electrons. The molecule has 3 atom stereocenters. The van der Waals surface area contributed by atoms with Crippen molar-refractivity contribution in [2.45, 2.75) is 222 Å². The van der Waals surface area contributed by atoms with Gasteiger partial charge in [0.15, 0.2) is 28.7 Å². The number of carbonyl (C=O) groups is 6. The van der Waals surface area contributed by atoms with Crippen LogP contribution in [0.1, 0.15) is 210 Å². The highest BCUT2D eigenvalue weighted by Gasteiger charge is 2.56. The molecule has 3 unspecified atom stereocenters. The first-order chi connectivity index (χ1) is 39.1. The molecule has 0 spiro atoms. The van der Waals surface area contributed by atoms with E-state index in [4.69, 9.17) is 0 Å². The molecule has 3 rings (SSSR count). The lowest BCUT2D eigenvalue weighted by atomic mass is 9.59. The number of allylic oxidation sites excluding steroid dienone is 22.